The molecule has 0 bridgehead atoms. The number of benzene rings is 3. The summed E-state index contributed by atoms with van der Waals surface area (Å²) < 4.78 is 27.2. The first-order valence-corrected chi connectivity index (χ1v) is 12.1. The fourth-order valence-electron chi connectivity index (χ4n) is 3.93. The van der Waals surface area contributed by atoms with Crippen molar-refractivity contribution in [1.82, 2.24) is 9.21 Å². The molecule has 5 nitrogen and oxygen atoms in total. The van der Waals surface area contributed by atoms with Gasteiger partial charge in [-0.2, -0.15) is 4.31 Å². The van der Waals surface area contributed by atoms with Gasteiger partial charge in [0.1, 0.15) is 0 Å². The van der Waals surface area contributed by atoms with Gasteiger partial charge in [0.05, 0.1) is 4.90 Å². The smallest absolute Gasteiger partial charge is 0.243 e. The van der Waals surface area contributed by atoms with Gasteiger partial charge in [0.25, 0.3) is 0 Å². The van der Waals surface area contributed by atoms with Crippen molar-refractivity contribution in [1.29, 1.82) is 0 Å². The first kappa shape index (κ1) is 21.6. The van der Waals surface area contributed by atoms with Crippen LogP contribution in [-0.4, -0.2) is 50.8 Å². The Morgan fingerprint density at radius 1 is 0.742 bits per heavy atom. The number of sulfonamides is 1. The van der Waals surface area contributed by atoms with Crippen LogP contribution in [0.25, 0.3) is 0 Å². The Balaban J connectivity index is 1.34. The molecule has 0 atom stereocenters. The van der Waals surface area contributed by atoms with Crippen LogP contribution >= 0.6 is 0 Å². The molecular formula is C25H29N3O2S. The summed E-state index contributed by atoms with van der Waals surface area (Å²) in [7, 11) is -1.88. The van der Waals surface area contributed by atoms with E-state index >= 15 is 0 Å². The van der Waals surface area contributed by atoms with E-state index in [0.717, 1.165) is 43.9 Å². The maximum atomic E-state index is 12.9. The third-order valence-corrected chi connectivity index (χ3v) is 7.60. The molecule has 0 saturated carbocycles. The molecule has 1 aliphatic heterocycles. The van der Waals surface area contributed by atoms with Crippen LogP contribution in [0, 0.1) is 0 Å². The number of anilines is 1. The second-order valence-electron chi connectivity index (χ2n) is 7.99. The number of piperazine rings is 1. The predicted molar refractivity (Wildman–Crippen MR) is 125 cm³/mol. The van der Waals surface area contributed by atoms with Gasteiger partial charge in [0, 0.05) is 52.0 Å². The summed E-state index contributed by atoms with van der Waals surface area (Å²) in [6.45, 7) is 5.18. The average molecular weight is 436 g/mol. The van der Waals surface area contributed by atoms with E-state index in [1.54, 1.807) is 19.2 Å². The van der Waals surface area contributed by atoms with Crippen molar-refractivity contribution in [2.75, 3.05) is 38.1 Å². The van der Waals surface area contributed by atoms with Gasteiger partial charge in [0.15, 0.2) is 0 Å². The van der Waals surface area contributed by atoms with Gasteiger partial charge >= 0.3 is 0 Å². The molecule has 0 aliphatic carbocycles. The zero-order chi connectivity index (χ0) is 21.7. The minimum atomic E-state index is -3.51. The van der Waals surface area contributed by atoms with Crippen molar-refractivity contribution >= 4 is 15.7 Å². The van der Waals surface area contributed by atoms with Gasteiger partial charge in [-0.15, -0.1) is 0 Å². The number of hydrogen-bond acceptors (Lipinski definition) is 4. The fraction of sp³-hybridized carbons (Fsp3) is 0.280. The molecule has 1 fully saturated rings. The van der Waals surface area contributed by atoms with Gasteiger partial charge in [-0.1, -0.05) is 60.7 Å². The van der Waals surface area contributed by atoms with E-state index in [1.807, 2.05) is 48.5 Å². The molecule has 0 N–H and O–H groups in total. The molecule has 0 amide bonds. The average Bonchev–Trinajstić information content (AvgIpc) is 2.81. The zero-order valence-corrected chi connectivity index (χ0v) is 18.7. The van der Waals surface area contributed by atoms with E-state index in [-0.39, 0.29) is 0 Å². The summed E-state index contributed by atoms with van der Waals surface area (Å²) in [6, 6.07) is 27.5. The van der Waals surface area contributed by atoms with E-state index in [4.69, 9.17) is 0 Å². The molecule has 1 aliphatic rings. The van der Waals surface area contributed by atoms with Gasteiger partial charge in [-0.05, 0) is 35.4 Å². The largest absolute Gasteiger partial charge is 0.369 e. The lowest BCUT2D eigenvalue weighted by atomic mass is 10.2. The van der Waals surface area contributed by atoms with Crippen LogP contribution in [0.5, 0.6) is 0 Å². The molecule has 0 aromatic heterocycles. The van der Waals surface area contributed by atoms with Crippen LogP contribution in [0.15, 0.2) is 89.8 Å². The number of para-hydroxylation sites is 1. The van der Waals surface area contributed by atoms with E-state index in [9.17, 15) is 8.42 Å². The lowest BCUT2D eigenvalue weighted by Crippen LogP contribution is -2.45. The van der Waals surface area contributed by atoms with Gasteiger partial charge in [-0.3, -0.25) is 4.90 Å². The van der Waals surface area contributed by atoms with Gasteiger partial charge in [-0.25, -0.2) is 8.42 Å². The van der Waals surface area contributed by atoms with Crippen LogP contribution in [-0.2, 0) is 23.1 Å². The molecule has 0 unspecified atom stereocenters. The minimum Gasteiger partial charge on any atom is -0.369 e. The van der Waals surface area contributed by atoms with E-state index in [0.29, 0.717) is 11.4 Å². The lowest BCUT2D eigenvalue weighted by molar-refractivity contribution is 0.250. The highest BCUT2D eigenvalue weighted by Gasteiger charge is 2.21. The molecular weight excluding hydrogens is 406 g/mol. The van der Waals surface area contributed by atoms with Gasteiger partial charge in [0.2, 0.25) is 10.0 Å². The van der Waals surface area contributed by atoms with Crippen molar-refractivity contribution in [3.8, 4) is 0 Å². The Labute approximate surface area is 185 Å². The quantitative estimate of drug-likeness (QED) is 0.566. The van der Waals surface area contributed by atoms with Crippen molar-refractivity contribution in [2.24, 2.45) is 0 Å². The van der Waals surface area contributed by atoms with Crippen LogP contribution < -0.4 is 4.90 Å². The molecule has 1 heterocycles. The van der Waals surface area contributed by atoms with Crippen molar-refractivity contribution in [3.05, 3.63) is 96.1 Å². The lowest BCUT2D eigenvalue weighted by Gasteiger charge is -2.36. The third-order valence-electron chi connectivity index (χ3n) is 5.78. The maximum absolute atomic E-state index is 12.9. The molecule has 4 rings (SSSR count). The molecule has 3 aromatic rings. The Hall–Kier alpha value is -2.67. The molecule has 0 radical (unpaired) electrons. The van der Waals surface area contributed by atoms with Crippen LogP contribution in [0.3, 0.4) is 0 Å². The second kappa shape index (κ2) is 9.64. The molecule has 3 aromatic carbocycles. The Bertz CT molecular complexity index is 1060. The normalized spacial score (nSPS) is 15.4. The number of nitrogens with zero attached hydrogens (tertiary/aromatic N) is 3. The SMILES string of the molecule is CN(Cc1ccccc1)S(=O)(=O)c1ccc(CN2CCN(c3ccccc3)CC2)cc1. The molecule has 31 heavy (non-hydrogen) atoms. The highest BCUT2D eigenvalue weighted by atomic mass is 32.2. The number of rotatable bonds is 7. The fourth-order valence-corrected chi connectivity index (χ4v) is 5.09. The molecule has 6 heteroatoms. The van der Waals surface area contributed by atoms with Gasteiger partial charge < -0.3 is 4.90 Å². The maximum Gasteiger partial charge on any atom is 0.243 e. The molecule has 1 saturated heterocycles. The third kappa shape index (κ3) is 5.34. The van der Waals surface area contributed by atoms with Crippen LogP contribution in [0.4, 0.5) is 5.69 Å². The first-order valence-electron chi connectivity index (χ1n) is 10.6. The minimum absolute atomic E-state index is 0.337. The van der Waals surface area contributed by atoms with E-state index in [2.05, 4.69) is 34.1 Å². The molecule has 0 spiro atoms. The Morgan fingerprint density at radius 3 is 1.94 bits per heavy atom. The van der Waals surface area contributed by atoms with Crippen LogP contribution in [0.2, 0.25) is 0 Å². The summed E-state index contributed by atoms with van der Waals surface area (Å²) in [5, 5.41) is 0. The predicted octanol–water partition coefficient (Wildman–Crippen LogP) is 3.83. The summed E-state index contributed by atoms with van der Waals surface area (Å²) in [6.07, 6.45) is 0. The van der Waals surface area contributed by atoms with E-state index in [1.165, 1.54) is 9.99 Å². The summed E-state index contributed by atoms with van der Waals surface area (Å²) in [4.78, 5) is 5.17. The summed E-state index contributed by atoms with van der Waals surface area (Å²) in [5.41, 5.74) is 3.38. The summed E-state index contributed by atoms with van der Waals surface area (Å²) in [5.74, 6) is 0. The summed E-state index contributed by atoms with van der Waals surface area (Å²) >= 11 is 0. The first-order chi connectivity index (χ1) is 15.0. The Kier molecular flexibility index (Phi) is 6.70. The monoisotopic (exact) mass is 435 g/mol. The molecule has 162 valence electrons. The van der Waals surface area contributed by atoms with Crippen molar-refractivity contribution in [2.45, 2.75) is 18.0 Å². The van der Waals surface area contributed by atoms with Crippen molar-refractivity contribution < 1.29 is 8.42 Å². The second-order valence-corrected chi connectivity index (χ2v) is 10.0. The highest BCUT2D eigenvalue weighted by Crippen LogP contribution is 2.20. The Morgan fingerprint density at radius 2 is 1.32 bits per heavy atom. The number of hydrogen-bond donors (Lipinski definition) is 0. The zero-order valence-electron chi connectivity index (χ0n) is 17.9. The standard InChI is InChI=1S/C25H29N3O2S/c1-26(20-22-8-4-2-5-9-22)31(29,30)25-14-12-23(13-15-25)21-27-16-18-28(19-17-27)24-10-6-3-7-11-24/h2-15H,16-21H2,1H3. The highest BCUT2D eigenvalue weighted by molar-refractivity contribution is 7.89. The van der Waals surface area contributed by atoms with Crippen LogP contribution in [0.1, 0.15) is 11.1 Å². The topological polar surface area (TPSA) is 43.9 Å². The van der Waals surface area contributed by atoms with E-state index < -0.39 is 10.0 Å². The van der Waals surface area contributed by atoms with Crippen molar-refractivity contribution in [3.63, 3.8) is 0 Å².